The van der Waals surface area contributed by atoms with E-state index in [1.54, 1.807) is 0 Å². The Bertz CT molecular complexity index is 248. The lowest BCUT2D eigenvalue weighted by atomic mass is 10.2. The van der Waals surface area contributed by atoms with Gasteiger partial charge in [-0.3, -0.25) is 4.79 Å². The molecule has 0 saturated carbocycles. The molecule has 1 aliphatic rings. The van der Waals surface area contributed by atoms with Crippen LogP contribution in [0.2, 0.25) is 0 Å². The van der Waals surface area contributed by atoms with Crippen LogP contribution < -0.4 is 0 Å². The van der Waals surface area contributed by atoms with Crippen molar-refractivity contribution in [3.05, 3.63) is 0 Å². The summed E-state index contributed by atoms with van der Waals surface area (Å²) < 4.78 is 10.9. The molecule has 1 rings (SSSR count). The van der Waals surface area contributed by atoms with Gasteiger partial charge in [0.2, 0.25) is 0 Å². The first kappa shape index (κ1) is 14.5. The molecule has 1 heterocycles. The van der Waals surface area contributed by atoms with Crippen LogP contribution in [0, 0.1) is 0 Å². The Kier molecular flexibility index (Phi) is 5.40. The first-order valence-corrected chi connectivity index (χ1v) is 6.42. The minimum absolute atomic E-state index is 0.115. The van der Waals surface area contributed by atoms with Crippen molar-refractivity contribution in [1.82, 2.24) is 4.90 Å². The lowest BCUT2D eigenvalue weighted by molar-refractivity contribution is -0.155. The summed E-state index contributed by atoms with van der Waals surface area (Å²) in [6.45, 7) is 11.3. The minimum atomic E-state index is -0.383. The van der Waals surface area contributed by atoms with Crippen LogP contribution in [0.1, 0.15) is 40.5 Å². The lowest BCUT2D eigenvalue weighted by Crippen LogP contribution is -2.33. The monoisotopic (exact) mass is 243 g/mol. The predicted molar refractivity (Wildman–Crippen MR) is 66.9 cm³/mol. The van der Waals surface area contributed by atoms with Gasteiger partial charge in [0.25, 0.3) is 0 Å². The van der Waals surface area contributed by atoms with Gasteiger partial charge in [-0.05, 0) is 34.1 Å². The Morgan fingerprint density at radius 2 is 2.18 bits per heavy atom. The Morgan fingerprint density at radius 1 is 1.47 bits per heavy atom. The zero-order chi connectivity index (χ0) is 12.9. The van der Waals surface area contributed by atoms with E-state index in [9.17, 15) is 4.79 Å². The second-order valence-corrected chi connectivity index (χ2v) is 5.67. The second-order valence-electron chi connectivity index (χ2n) is 5.67. The number of nitrogens with zero attached hydrogens (tertiary/aromatic N) is 1. The Morgan fingerprint density at radius 3 is 2.82 bits per heavy atom. The summed E-state index contributed by atoms with van der Waals surface area (Å²) in [7, 11) is 0. The quantitative estimate of drug-likeness (QED) is 0.709. The van der Waals surface area contributed by atoms with E-state index in [0.717, 1.165) is 32.7 Å². The molecule has 100 valence electrons. The van der Waals surface area contributed by atoms with Gasteiger partial charge in [-0.15, -0.1) is 0 Å². The average molecular weight is 243 g/mol. The lowest BCUT2D eigenvalue weighted by Gasteiger charge is -2.23. The topological polar surface area (TPSA) is 38.8 Å². The van der Waals surface area contributed by atoms with E-state index < -0.39 is 0 Å². The highest BCUT2D eigenvalue weighted by atomic mass is 16.6. The van der Waals surface area contributed by atoms with E-state index >= 15 is 0 Å². The van der Waals surface area contributed by atoms with Gasteiger partial charge in [0.15, 0.2) is 0 Å². The zero-order valence-electron chi connectivity index (χ0n) is 11.5. The maximum atomic E-state index is 11.6. The maximum absolute atomic E-state index is 11.6. The van der Waals surface area contributed by atoms with Gasteiger partial charge in [-0.1, -0.05) is 0 Å². The van der Waals surface area contributed by atoms with Crippen molar-refractivity contribution in [3.8, 4) is 0 Å². The Hall–Kier alpha value is -0.610. The summed E-state index contributed by atoms with van der Waals surface area (Å²) in [6.07, 6.45) is 1.76. The molecule has 1 unspecified atom stereocenters. The Labute approximate surface area is 104 Å². The third-order valence-corrected chi connectivity index (χ3v) is 2.59. The molecule has 0 aromatic rings. The van der Waals surface area contributed by atoms with Gasteiger partial charge in [0.05, 0.1) is 12.5 Å². The fourth-order valence-corrected chi connectivity index (χ4v) is 1.93. The van der Waals surface area contributed by atoms with Crippen molar-refractivity contribution in [1.29, 1.82) is 0 Å². The molecule has 1 aliphatic heterocycles. The molecule has 1 fully saturated rings. The molecular formula is C13H25NO3. The van der Waals surface area contributed by atoms with Gasteiger partial charge >= 0.3 is 5.97 Å². The van der Waals surface area contributed by atoms with Gasteiger partial charge < -0.3 is 14.4 Å². The zero-order valence-corrected chi connectivity index (χ0v) is 11.5. The van der Waals surface area contributed by atoms with Crippen LogP contribution in [0.15, 0.2) is 0 Å². The molecule has 0 aromatic carbocycles. The number of esters is 1. The van der Waals surface area contributed by atoms with Crippen molar-refractivity contribution in [3.63, 3.8) is 0 Å². The summed E-state index contributed by atoms with van der Waals surface area (Å²) in [5.41, 5.74) is -0.383. The summed E-state index contributed by atoms with van der Waals surface area (Å²) in [6, 6.07) is 0. The fourth-order valence-electron chi connectivity index (χ4n) is 1.93. The van der Waals surface area contributed by atoms with Crippen LogP contribution in [0.5, 0.6) is 0 Å². The Balaban J connectivity index is 2.27. The van der Waals surface area contributed by atoms with Crippen LogP contribution in [-0.2, 0) is 14.3 Å². The SMILES string of the molecule is CC1CN(CCC(=O)OC(C)(C)C)CCCO1. The highest BCUT2D eigenvalue weighted by Crippen LogP contribution is 2.10. The number of carbonyl (C=O) groups is 1. The molecule has 0 amide bonds. The summed E-state index contributed by atoms with van der Waals surface area (Å²) in [4.78, 5) is 13.9. The largest absolute Gasteiger partial charge is 0.460 e. The number of carbonyl (C=O) groups excluding carboxylic acids is 1. The summed E-state index contributed by atoms with van der Waals surface area (Å²) in [5.74, 6) is -0.115. The van der Waals surface area contributed by atoms with Gasteiger partial charge in [-0.2, -0.15) is 0 Å². The molecule has 0 N–H and O–H groups in total. The first-order valence-electron chi connectivity index (χ1n) is 6.42. The van der Waals surface area contributed by atoms with Crippen molar-refractivity contribution < 1.29 is 14.3 Å². The minimum Gasteiger partial charge on any atom is -0.460 e. The molecule has 17 heavy (non-hydrogen) atoms. The highest BCUT2D eigenvalue weighted by molar-refractivity contribution is 5.70. The first-order chi connectivity index (χ1) is 7.87. The molecule has 0 aliphatic carbocycles. The standard InChI is InChI=1S/C13H25NO3/c1-11-10-14(7-5-9-16-11)8-6-12(15)17-13(2,3)4/h11H,5-10H2,1-4H3. The summed E-state index contributed by atoms with van der Waals surface area (Å²) >= 11 is 0. The molecule has 4 heteroatoms. The molecule has 1 atom stereocenters. The van der Waals surface area contributed by atoms with Gasteiger partial charge in [0, 0.05) is 26.2 Å². The number of hydrogen-bond acceptors (Lipinski definition) is 4. The van der Waals surface area contributed by atoms with Crippen LogP contribution in [0.25, 0.3) is 0 Å². The smallest absolute Gasteiger partial charge is 0.307 e. The van der Waals surface area contributed by atoms with Crippen LogP contribution in [-0.4, -0.2) is 48.8 Å². The van der Waals surface area contributed by atoms with E-state index in [-0.39, 0.29) is 17.7 Å². The van der Waals surface area contributed by atoms with E-state index in [4.69, 9.17) is 9.47 Å². The molecule has 4 nitrogen and oxygen atoms in total. The van der Waals surface area contributed by atoms with Gasteiger partial charge in [-0.25, -0.2) is 0 Å². The fraction of sp³-hybridized carbons (Fsp3) is 0.923. The highest BCUT2D eigenvalue weighted by Gasteiger charge is 2.19. The van der Waals surface area contributed by atoms with Crippen molar-refractivity contribution in [2.45, 2.75) is 52.2 Å². The molecule has 0 spiro atoms. The number of rotatable bonds is 3. The summed E-state index contributed by atoms with van der Waals surface area (Å²) in [5, 5.41) is 0. The normalized spacial score (nSPS) is 23.2. The predicted octanol–water partition coefficient (Wildman–Crippen LogP) is 1.83. The molecule has 0 radical (unpaired) electrons. The van der Waals surface area contributed by atoms with E-state index in [1.807, 2.05) is 20.8 Å². The van der Waals surface area contributed by atoms with E-state index in [1.165, 1.54) is 0 Å². The third kappa shape index (κ3) is 6.64. The van der Waals surface area contributed by atoms with Crippen LogP contribution >= 0.6 is 0 Å². The number of ether oxygens (including phenoxy) is 2. The second kappa shape index (κ2) is 6.36. The van der Waals surface area contributed by atoms with Crippen LogP contribution in [0.3, 0.4) is 0 Å². The molecule has 1 saturated heterocycles. The molecular weight excluding hydrogens is 218 g/mol. The van der Waals surface area contributed by atoms with Gasteiger partial charge in [0.1, 0.15) is 5.60 Å². The van der Waals surface area contributed by atoms with Crippen molar-refractivity contribution in [2.24, 2.45) is 0 Å². The third-order valence-electron chi connectivity index (χ3n) is 2.59. The van der Waals surface area contributed by atoms with Crippen molar-refractivity contribution >= 4 is 5.97 Å². The maximum Gasteiger partial charge on any atom is 0.307 e. The average Bonchev–Trinajstić information content (AvgIpc) is 2.37. The van der Waals surface area contributed by atoms with E-state index in [2.05, 4.69) is 11.8 Å². The van der Waals surface area contributed by atoms with Crippen LogP contribution in [0.4, 0.5) is 0 Å². The molecule has 0 bridgehead atoms. The van der Waals surface area contributed by atoms with Crippen molar-refractivity contribution in [2.75, 3.05) is 26.2 Å². The molecule has 0 aromatic heterocycles. The number of hydrogen-bond donors (Lipinski definition) is 0. The van der Waals surface area contributed by atoms with E-state index in [0.29, 0.717) is 6.42 Å².